The number of aliphatic hydroxyl groups excluding tert-OH is 2. The van der Waals surface area contributed by atoms with E-state index in [1.54, 1.807) is 6.20 Å². The topological polar surface area (TPSA) is 74.6 Å². The SMILES string of the molecule is OCCCc1ccccc1-c1cncc(OC[C@@H]2CCN2)c1.OCCCc1ccccc1Br. The van der Waals surface area contributed by atoms with Crippen molar-refractivity contribution in [1.29, 1.82) is 0 Å². The summed E-state index contributed by atoms with van der Waals surface area (Å²) >= 11 is 3.44. The lowest BCUT2D eigenvalue weighted by atomic mass is 9.98. The molecule has 1 aliphatic heterocycles. The Balaban J connectivity index is 0.000000235. The normalized spacial score (nSPS) is 14.7. The first-order valence-electron chi connectivity index (χ1n) is 11.6. The van der Waals surface area contributed by atoms with Gasteiger partial charge in [-0.15, -0.1) is 0 Å². The first kappa shape index (κ1) is 25.4. The van der Waals surface area contributed by atoms with Crippen LogP contribution in [0.15, 0.2) is 71.5 Å². The summed E-state index contributed by atoms with van der Waals surface area (Å²) in [7, 11) is 0. The Kier molecular flexibility index (Phi) is 10.8. The van der Waals surface area contributed by atoms with Gasteiger partial charge in [-0.25, -0.2) is 0 Å². The number of aliphatic hydroxyl groups is 2. The van der Waals surface area contributed by atoms with Gasteiger partial charge in [-0.05, 0) is 67.5 Å². The van der Waals surface area contributed by atoms with Crippen LogP contribution in [-0.4, -0.2) is 47.6 Å². The minimum absolute atomic E-state index is 0.212. The molecule has 3 N–H and O–H groups in total. The van der Waals surface area contributed by atoms with Gasteiger partial charge in [0, 0.05) is 35.5 Å². The van der Waals surface area contributed by atoms with Gasteiger partial charge < -0.3 is 20.3 Å². The average molecular weight is 513 g/mol. The maximum atomic E-state index is 9.05. The summed E-state index contributed by atoms with van der Waals surface area (Å²) in [5.74, 6) is 0.808. The Morgan fingerprint density at radius 3 is 2.27 bits per heavy atom. The maximum Gasteiger partial charge on any atom is 0.138 e. The molecule has 33 heavy (non-hydrogen) atoms. The number of ether oxygens (including phenoxy) is 1. The van der Waals surface area contributed by atoms with Gasteiger partial charge in [0.1, 0.15) is 12.4 Å². The lowest BCUT2D eigenvalue weighted by Gasteiger charge is -2.27. The number of rotatable bonds is 10. The molecule has 0 unspecified atom stereocenters. The third kappa shape index (κ3) is 8.23. The molecule has 2 aromatic carbocycles. The summed E-state index contributed by atoms with van der Waals surface area (Å²) in [6.45, 7) is 2.26. The molecule has 1 saturated heterocycles. The van der Waals surface area contributed by atoms with Crippen molar-refractivity contribution < 1.29 is 14.9 Å². The van der Waals surface area contributed by atoms with E-state index in [1.165, 1.54) is 17.5 Å². The molecular weight excluding hydrogens is 480 g/mol. The molecule has 0 spiro atoms. The molecule has 4 rings (SSSR count). The van der Waals surface area contributed by atoms with Crippen LogP contribution in [0, 0.1) is 0 Å². The van der Waals surface area contributed by atoms with Crippen LogP contribution in [0.25, 0.3) is 11.1 Å². The lowest BCUT2D eigenvalue weighted by Crippen LogP contribution is -2.46. The van der Waals surface area contributed by atoms with E-state index in [4.69, 9.17) is 14.9 Å². The van der Waals surface area contributed by atoms with Crippen molar-refractivity contribution >= 4 is 15.9 Å². The largest absolute Gasteiger partial charge is 0.490 e. The Morgan fingerprint density at radius 1 is 0.939 bits per heavy atom. The Morgan fingerprint density at radius 2 is 1.61 bits per heavy atom. The lowest BCUT2D eigenvalue weighted by molar-refractivity contribution is 0.217. The van der Waals surface area contributed by atoms with Gasteiger partial charge in [0.05, 0.1) is 6.20 Å². The zero-order chi connectivity index (χ0) is 23.3. The van der Waals surface area contributed by atoms with Crippen LogP contribution < -0.4 is 10.1 Å². The summed E-state index contributed by atoms with van der Waals surface area (Å²) in [5.41, 5.74) is 4.72. The van der Waals surface area contributed by atoms with E-state index in [2.05, 4.69) is 44.4 Å². The molecule has 1 aromatic heterocycles. The van der Waals surface area contributed by atoms with Crippen molar-refractivity contribution in [2.75, 3.05) is 26.4 Å². The van der Waals surface area contributed by atoms with Gasteiger partial charge in [-0.1, -0.05) is 58.4 Å². The molecule has 0 saturated carbocycles. The number of aryl methyl sites for hydroxylation is 2. The minimum atomic E-state index is 0.212. The Hall–Kier alpha value is -2.25. The van der Waals surface area contributed by atoms with Crippen LogP contribution in [0.4, 0.5) is 0 Å². The van der Waals surface area contributed by atoms with E-state index in [0.717, 1.165) is 53.6 Å². The van der Waals surface area contributed by atoms with Gasteiger partial charge in [0.2, 0.25) is 0 Å². The number of nitrogens with zero attached hydrogens (tertiary/aromatic N) is 1. The molecule has 0 radical (unpaired) electrons. The molecular formula is C27H33BrN2O3. The van der Waals surface area contributed by atoms with Gasteiger partial charge in [0.25, 0.3) is 0 Å². The van der Waals surface area contributed by atoms with Gasteiger partial charge in [-0.2, -0.15) is 0 Å². The molecule has 0 bridgehead atoms. The van der Waals surface area contributed by atoms with E-state index in [9.17, 15) is 0 Å². The number of halogens is 1. The van der Waals surface area contributed by atoms with Crippen LogP contribution >= 0.6 is 15.9 Å². The predicted octanol–water partition coefficient (Wildman–Crippen LogP) is 4.79. The first-order chi connectivity index (χ1) is 16.2. The number of benzene rings is 2. The molecule has 1 fully saturated rings. The average Bonchev–Trinajstić information content (AvgIpc) is 2.82. The molecule has 6 heteroatoms. The van der Waals surface area contributed by atoms with Crippen molar-refractivity contribution in [2.24, 2.45) is 0 Å². The van der Waals surface area contributed by atoms with E-state index in [0.29, 0.717) is 12.6 Å². The van der Waals surface area contributed by atoms with Gasteiger partial charge >= 0.3 is 0 Å². The fraction of sp³-hybridized carbons (Fsp3) is 0.370. The Bertz CT molecular complexity index is 979. The highest BCUT2D eigenvalue weighted by atomic mass is 79.9. The second-order valence-electron chi connectivity index (χ2n) is 8.06. The van der Waals surface area contributed by atoms with E-state index >= 15 is 0 Å². The molecule has 1 aliphatic rings. The molecule has 0 aliphatic carbocycles. The standard InChI is InChI=1S/C18H22N2O2.C9H11BrO/c21-9-3-5-14-4-1-2-6-18(14)15-10-17(12-19-11-15)22-13-16-7-8-20-16;10-9-6-2-1-4-8(9)5-3-7-11/h1-2,4,6,10-12,16,20-21H,3,5,7-9,13H2;1-2,4,6,11H,3,5,7H2/t16-;/m0./s1. The predicted molar refractivity (Wildman–Crippen MR) is 137 cm³/mol. The maximum absolute atomic E-state index is 9.05. The third-order valence-electron chi connectivity index (χ3n) is 5.58. The number of hydrogen-bond acceptors (Lipinski definition) is 5. The van der Waals surface area contributed by atoms with E-state index in [1.807, 2.05) is 42.6 Å². The number of hydrogen-bond donors (Lipinski definition) is 3. The second-order valence-corrected chi connectivity index (χ2v) is 8.92. The quantitative estimate of drug-likeness (QED) is 0.364. The van der Waals surface area contributed by atoms with Crippen molar-refractivity contribution in [1.82, 2.24) is 10.3 Å². The number of nitrogens with one attached hydrogen (secondary N) is 1. The third-order valence-corrected chi connectivity index (χ3v) is 6.36. The Labute approximate surface area is 205 Å². The fourth-order valence-electron chi connectivity index (χ4n) is 3.59. The summed E-state index contributed by atoms with van der Waals surface area (Å²) in [5, 5.41) is 21.0. The zero-order valence-electron chi connectivity index (χ0n) is 18.9. The molecule has 5 nitrogen and oxygen atoms in total. The van der Waals surface area contributed by atoms with Crippen LogP contribution in [0.1, 0.15) is 30.4 Å². The molecule has 0 amide bonds. The van der Waals surface area contributed by atoms with E-state index in [-0.39, 0.29) is 13.2 Å². The fourth-order valence-corrected chi connectivity index (χ4v) is 4.08. The van der Waals surface area contributed by atoms with Crippen LogP contribution in [0.3, 0.4) is 0 Å². The van der Waals surface area contributed by atoms with Gasteiger partial charge in [-0.3, -0.25) is 4.98 Å². The highest BCUT2D eigenvalue weighted by Crippen LogP contribution is 2.27. The van der Waals surface area contributed by atoms with Crippen molar-refractivity contribution in [3.05, 3.63) is 82.6 Å². The monoisotopic (exact) mass is 512 g/mol. The smallest absolute Gasteiger partial charge is 0.138 e. The summed E-state index contributed by atoms with van der Waals surface area (Å²) in [6.07, 6.45) is 8.22. The number of pyridine rings is 1. The van der Waals surface area contributed by atoms with Gasteiger partial charge in [0.15, 0.2) is 0 Å². The van der Waals surface area contributed by atoms with Crippen molar-refractivity contribution in [3.8, 4) is 16.9 Å². The minimum Gasteiger partial charge on any atom is -0.490 e. The van der Waals surface area contributed by atoms with Crippen molar-refractivity contribution in [3.63, 3.8) is 0 Å². The zero-order valence-corrected chi connectivity index (χ0v) is 20.5. The van der Waals surface area contributed by atoms with E-state index < -0.39 is 0 Å². The highest BCUT2D eigenvalue weighted by Gasteiger charge is 2.16. The van der Waals surface area contributed by atoms with Crippen LogP contribution in [0.5, 0.6) is 5.75 Å². The highest BCUT2D eigenvalue weighted by molar-refractivity contribution is 9.10. The molecule has 2 heterocycles. The molecule has 176 valence electrons. The van der Waals surface area contributed by atoms with Crippen LogP contribution in [0.2, 0.25) is 0 Å². The van der Waals surface area contributed by atoms with Crippen molar-refractivity contribution in [2.45, 2.75) is 38.1 Å². The summed E-state index contributed by atoms with van der Waals surface area (Å²) in [4.78, 5) is 4.31. The van der Waals surface area contributed by atoms with Crippen LogP contribution in [-0.2, 0) is 12.8 Å². The first-order valence-corrected chi connectivity index (χ1v) is 12.3. The second kappa shape index (κ2) is 14.1. The number of aromatic nitrogens is 1. The summed E-state index contributed by atoms with van der Waals surface area (Å²) < 4.78 is 6.96. The molecule has 1 atom stereocenters. The molecule has 3 aromatic rings. The summed E-state index contributed by atoms with van der Waals surface area (Å²) in [6, 6.07) is 18.9.